The van der Waals surface area contributed by atoms with Crippen molar-refractivity contribution < 1.29 is 15.0 Å². The number of hydrogen-bond donors (Lipinski definition) is 4. The van der Waals surface area contributed by atoms with Gasteiger partial charge in [-0.3, -0.25) is 4.79 Å². The van der Waals surface area contributed by atoms with Crippen LogP contribution in [0.1, 0.15) is 28.7 Å². The predicted octanol–water partition coefficient (Wildman–Crippen LogP) is 5.17. The van der Waals surface area contributed by atoms with Crippen molar-refractivity contribution in [3.63, 3.8) is 0 Å². The number of nitrogens with zero attached hydrogens (tertiary/aromatic N) is 1. The lowest BCUT2D eigenvalue weighted by molar-refractivity contribution is -0.136. The number of hydrogen-bond acceptors (Lipinski definition) is 4. The molecule has 0 bridgehead atoms. The fourth-order valence-corrected chi connectivity index (χ4v) is 3.75. The number of aliphatic carboxylic acids is 1. The van der Waals surface area contributed by atoms with Gasteiger partial charge in [-0.1, -0.05) is 54.1 Å². The molecular weight excluding hydrogens is 426 g/mol. The van der Waals surface area contributed by atoms with Crippen molar-refractivity contribution in [3.8, 4) is 5.88 Å². The Labute approximate surface area is 190 Å². The van der Waals surface area contributed by atoms with Gasteiger partial charge in [-0.2, -0.15) is 0 Å². The average molecular weight is 448 g/mol. The quantitative estimate of drug-likeness (QED) is 0.293. The van der Waals surface area contributed by atoms with E-state index in [4.69, 9.17) is 27.4 Å². The topological polar surface area (TPSA) is 112 Å². The van der Waals surface area contributed by atoms with E-state index in [0.29, 0.717) is 34.8 Å². The van der Waals surface area contributed by atoms with Crippen LogP contribution in [0, 0.1) is 0 Å². The van der Waals surface area contributed by atoms with Crippen LogP contribution in [0.4, 0.5) is 5.69 Å². The lowest BCUT2D eigenvalue weighted by Gasteiger charge is -2.09. The van der Waals surface area contributed by atoms with Gasteiger partial charge in [-0.25, -0.2) is 4.99 Å². The maximum absolute atomic E-state index is 10.9. The van der Waals surface area contributed by atoms with E-state index in [-0.39, 0.29) is 12.3 Å². The Balaban J connectivity index is 1.83. The van der Waals surface area contributed by atoms with Crippen LogP contribution in [0.5, 0.6) is 5.88 Å². The number of aromatic hydroxyl groups is 1. The number of halogens is 1. The van der Waals surface area contributed by atoms with E-state index in [1.165, 1.54) is 0 Å². The number of carboxylic acid groups (broad SMARTS) is 1. The number of benzene rings is 3. The summed E-state index contributed by atoms with van der Waals surface area (Å²) in [7, 11) is 0. The summed E-state index contributed by atoms with van der Waals surface area (Å²) in [5.74, 6) is -0.839. The van der Waals surface area contributed by atoms with Gasteiger partial charge in [-0.15, -0.1) is 0 Å². The van der Waals surface area contributed by atoms with Crippen LogP contribution < -0.4 is 5.73 Å². The molecule has 4 aromatic rings. The monoisotopic (exact) mass is 447 g/mol. The number of rotatable bonds is 7. The molecule has 0 amide bonds. The van der Waals surface area contributed by atoms with Gasteiger partial charge in [0.05, 0.1) is 22.5 Å². The highest BCUT2D eigenvalue weighted by molar-refractivity contribution is 6.31. The Morgan fingerprint density at radius 1 is 1.00 bits per heavy atom. The number of carbonyl (C=O) groups is 1. The van der Waals surface area contributed by atoms with Gasteiger partial charge < -0.3 is 20.9 Å². The summed E-state index contributed by atoms with van der Waals surface area (Å²) in [4.78, 5) is 18.7. The Morgan fingerprint density at radius 2 is 1.69 bits per heavy atom. The van der Waals surface area contributed by atoms with Crippen LogP contribution in [0.3, 0.4) is 0 Å². The summed E-state index contributed by atoms with van der Waals surface area (Å²) in [5, 5.41) is 21.0. The van der Waals surface area contributed by atoms with Crippen LogP contribution in [0.25, 0.3) is 10.9 Å². The summed E-state index contributed by atoms with van der Waals surface area (Å²) in [5.41, 5.74) is 11.0. The number of nitrogens with one attached hydrogen (secondary N) is 1. The molecular formula is C25H22ClN3O3. The maximum atomic E-state index is 10.9. The molecule has 0 fully saturated rings. The van der Waals surface area contributed by atoms with Crippen molar-refractivity contribution in [2.75, 3.05) is 0 Å². The molecule has 0 saturated carbocycles. The molecule has 0 aliphatic heterocycles. The minimum absolute atomic E-state index is 0.00505. The fraction of sp³-hybridized carbons (Fsp3) is 0.120. The molecule has 0 radical (unpaired) electrons. The van der Waals surface area contributed by atoms with E-state index >= 15 is 0 Å². The molecule has 162 valence electrons. The van der Waals surface area contributed by atoms with E-state index in [0.717, 1.165) is 27.8 Å². The van der Waals surface area contributed by atoms with Crippen LogP contribution in [-0.2, 0) is 17.8 Å². The Bertz CT molecular complexity index is 1290. The standard InChI is InChI=1S/C25H22ClN3O3/c26-18-8-11-20-21(13-18)29-25(32)23(20)24(28-19-9-3-16(14-27)4-10-19)17-6-1-15(2-7-17)5-12-22(30)31/h1-4,6-11,13,29,32H,5,12,14,27H2,(H,30,31). The third-order valence-electron chi connectivity index (χ3n) is 5.25. The molecule has 4 rings (SSSR count). The zero-order valence-corrected chi connectivity index (χ0v) is 17.9. The van der Waals surface area contributed by atoms with Crippen LogP contribution >= 0.6 is 11.6 Å². The fourth-order valence-electron chi connectivity index (χ4n) is 3.58. The van der Waals surface area contributed by atoms with Crippen LogP contribution in [0.2, 0.25) is 5.02 Å². The van der Waals surface area contributed by atoms with Gasteiger partial charge in [-0.05, 0) is 41.8 Å². The van der Waals surface area contributed by atoms with Gasteiger partial charge in [0.25, 0.3) is 0 Å². The van der Waals surface area contributed by atoms with Gasteiger partial charge in [0.15, 0.2) is 5.88 Å². The van der Waals surface area contributed by atoms with E-state index in [9.17, 15) is 9.90 Å². The van der Waals surface area contributed by atoms with E-state index < -0.39 is 5.97 Å². The minimum Gasteiger partial charge on any atom is -0.494 e. The third kappa shape index (κ3) is 4.66. The first-order valence-corrected chi connectivity index (χ1v) is 10.5. The Morgan fingerprint density at radius 3 is 2.34 bits per heavy atom. The van der Waals surface area contributed by atoms with Gasteiger partial charge in [0.1, 0.15) is 0 Å². The number of aryl methyl sites for hydroxylation is 1. The number of nitrogens with two attached hydrogens (primary N) is 1. The third-order valence-corrected chi connectivity index (χ3v) is 5.48. The highest BCUT2D eigenvalue weighted by Gasteiger charge is 2.19. The van der Waals surface area contributed by atoms with Crippen LogP contribution in [0.15, 0.2) is 71.7 Å². The Kier molecular flexibility index (Phi) is 6.25. The number of aliphatic imine (C=N–C) groups is 1. The van der Waals surface area contributed by atoms with Crippen molar-refractivity contribution in [1.82, 2.24) is 4.98 Å². The molecule has 3 aromatic carbocycles. The maximum Gasteiger partial charge on any atom is 0.303 e. The molecule has 0 unspecified atom stereocenters. The average Bonchev–Trinajstić information content (AvgIpc) is 3.11. The smallest absolute Gasteiger partial charge is 0.303 e. The summed E-state index contributed by atoms with van der Waals surface area (Å²) < 4.78 is 0. The van der Waals surface area contributed by atoms with Crippen molar-refractivity contribution >= 4 is 39.9 Å². The van der Waals surface area contributed by atoms with E-state index in [2.05, 4.69) is 4.98 Å². The largest absolute Gasteiger partial charge is 0.494 e. The Hall–Kier alpha value is -3.61. The molecule has 0 atom stereocenters. The van der Waals surface area contributed by atoms with Crippen molar-refractivity contribution in [3.05, 3.63) is 94.0 Å². The number of fused-ring (bicyclic) bond motifs is 1. The normalized spacial score (nSPS) is 11.8. The first kappa shape index (κ1) is 21.6. The second-order valence-electron chi connectivity index (χ2n) is 7.46. The highest BCUT2D eigenvalue weighted by Crippen LogP contribution is 2.33. The number of carboxylic acids is 1. The number of aromatic nitrogens is 1. The summed E-state index contributed by atoms with van der Waals surface area (Å²) in [6.45, 7) is 0.443. The second kappa shape index (κ2) is 9.26. The lowest BCUT2D eigenvalue weighted by Crippen LogP contribution is -2.04. The molecule has 0 aliphatic carbocycles. The zero-order chi connectivity index (χ0) is 22.7. The molecule has 0 saturated heterocycles. The molecule has 7 heteroatoms. The molecule has 32 heavy (non-hydrogen) atoms. The van der Waals surface area contributed by atoms with Gasteiger partial charge in [0, 0.05) is 28.9 Å². The van der Waals surface area contributed by atoms with E-state index in [1.807, 2.05) is 54.6 Å². The second-order valence-corrected chi connectivity index (χ2v) is 7.90. The summed E-state index contributed by atoms with van der Waals surface area (Å²) in [6, 6.07) is 20.5. The molecule has 6 nitrogen and oxygen atoms in total. The lowest BCUT2D eigenvalue weighted by atomic mass is 9.98. The van der Waals surface area contributed by atoms with Crippen molar-refractivity contribution in [2.45, 2.75) is 19.4 Å². The summed E-state index contributed by atoms with van der Waals surface area (Å²) >= 11 is 6.12. The zero-order valence-electron chi connectivity index (χ0n) is 17.2. The first-order chi connectivity index (χ1) is 15.4. The van der Waals surface area contributed by atoms with Gasteiger partial charge >= 0.3 is 5.97 Å². The molecule has 1 aromatic heterocycles. The van der Waals surface area contributed by atoms with Crippen molar-refractivity contribution in [2.24, 2.45) is 10.7 Å². The predicted molar refractivity (Wildman–Crippen MR) is 127 cm³/mol. The number of aromatic amines is 1. The number of H-pyrrole nitrogens is 1. The molecule has 1 heterocycles. The van der Waals surface area contributed by atoms with Gasteiger partial charge in [0.2, 0.25) is 0 Å². The first-order valence-electron chi connectivity index (χ1n) is 10.1. The molecule has 0 spiro atoms. The SMILES string of the molecule is NCc1ccc(N=C(c2ccc(CCC(=O)O)cc2)c2c(O)[nH]c3cc(Cl)ccc23)cc1. The van der Waals surface area contributed by atoms with E-state index in [1.54, 1.807) is 12.1 Å². The highest BCUT2D eigenvalue weighted by atomic mass is 35.5. The summed E-state index contributed by atoms with van der Waals surface area (Å²) in [6.07, 6.45) is 0.511. The molecule has 0 aliphatic rings. The van der Waals surface area contributed by atoms with Crippen LogP contribution in [-0.4, -0.2) is 26.9 Å². The minimum atomic E-state index is -0.834. The van der Waals surface area contributed by atoms with Crippen molar-refractivity contribution in [1.29, 1.82) is 0 Å². The molecule has 5 N–H and O–H groups in total.